The normalized spacial score (nSPS) is 15.4. The van der Waals surface area contributed by atoms with Crippen LogP contribution >= 0.6 is 11.3 Å². The van der Waals surface area contributed by atoms with E-state index in [1.165, 1.54) is 17.4 Å². The zero-order valence-corrected chi connectivity index (χ0v) is 20.5. The number of hydrogen-bond donors (Lipinski definition) is 1. The number of carbonyl (C=O) groups excluding carboxylic acids is 1. The van der Waals surface area contributed by atoms with E-state index in [1.807, 2.05) is 32.0 Å². The van der Waals surface area contributed by atoms with Crippen LogP contribution in [0.2, 0.25) is 0 Å². The van der Waals surface area contributed by atoms with Crippen molar-refractivity contribution in [1.29, 1.82) is 0 Å². The number of benzene rings is 2. The van der Waals surface area contributed by atoms with Crippen LogP contribution in [0, 0.1) is 19.7 Å². The third-order valence-corrected chi connectivity index (χ3v) is 7.31. The van der Waals surface area contributed by atoms with Crippen LogP contribution in [0.25, 0.3) is 22.0 Å². The molecule has 0 atom stereocenters. The zero-order valence-electron chi connectivity index (χ0n) is 19.7. The van der Waals surface area contributed by atoms with E-state index in [4.69, 9.17) is 0 Å². The van der Waals surface area contributed by atoms with Gasteiger partial charge in [0.2, 0.25) is 0 Å². The summed E-state index contributed by atoms with van der Waals surface area (Å²) in [7, 11) is 0. The van der Waals surface area contributed by atoms with Crippen molar-refractivity contribution in [3.05, 3.63) is 69.7 Å². The summed E-state index contributed by atoms with van der Waals surface area (Å²) in [6, 6.07) is 11.8. The highest BCUT2D eigenvalue weighted by Crippen LogP contribution is 2.34. The van der Waals surface area contributed by atoms with Gasteiger partial charge in [-0.05, 0) is 74.9 Å². The summed E-state index contributed by atoms with van der Waals surface area (Å²) in [6.45, 7) is 4.01. The predicted octanol–water partition coefficient (Wildman–Crippen LogP) is 5.89. The maximum absolute atomic E-state index is 14.9. The highest BCUT2D eigenvalue weighted by molar-refractivity contribution is 7.09. The van der Waals surface area contributed by atoms with Gasteiger partial charge in [0.1, 0.15) is 23.2 Å². The number of carbonyl (C=O) groups is 1. The van der Waals surface area contributed by atoms with Crippen molar-refractivity contribution in [3.63, 3.8) is 0 Å². The van der Waals surface area contributed by atoms with Gasteiger partial charge >= 0.3 is 0 Å². The van der Waals surface area contributed by atoms with E-state index in [2.05, 4.69) is 26.3 Å². The molecular formula is C27H26FN5OS. The molecule has 0 bridgehead atoms. The number of fused-ring (bicyclic) bond motifs is 1. The average molecular weight is 488 g/mol. The van der Waals surface area contributed by atoms with Gasteiger partial charge in [-0.1, -0.05) is 12.1 Å². The van der Waals surface area contributed by atoms with E-state index in [0.29, 0.717) is 17.3 Å². The molecule has 0 aliphatic heterocycles. The summed E-state index contributed by atoms with van der Waals surface area (Å²) in [4.78, 5) is 28.5. The summed E-state index contributed by atoms with van der Waals surface area (Å²) >= 11 is 1.45. The minimum Gasteiger partial charge on any atom is -0.367 e. The van der Waals surface area contributed by atoms with E-state index >= 15 is 0 Å². The Morgan fingerprint density at radius 3 is 2.54 bits per heavy atom. The second-order valence-corrected chi connectivity index (χ2v) is 10.6. The average Bonchev–Trinajstić information content (AvgIpc) is 3.78. The van der Waals surface area contributed by atoms with Crippen molar-refractivity contribution >= 4 is 34.0 Å². The van der Waals surface area contributed by atoms with Crippen LogP contribution in [0.5, 0.6) is 0 Å². The first-order chi connectivity index (χ1) is 16.9. The van der Waals surface area contributed by atoms with E-state index in [0.717, 1.165) is 64.4 Å². The Kier molecular flexibility index (Phi) is 5.48. The van der Waals surface area contributed by atoms with Gasteiger partial charge in [0, 0.05) is 35.0 Å². The van der Waals surface area contributed by atoms with Gasteiger partial charge in [-0.25, -0.2) is 19.3 Å². The van der Waals surface area contributed by atoms with Gasteiger partial charge in [-0.2, -0.15) is 0 Å². The van der Waals surface area contributed by atoms with Crippen molar-refractivity contribution in [3.8, 4) is 11.1 Å². The van der Waals surface area contributed by atoms with Crippen molar-refractivity contribution in [1.82, 2.24) is 19.9 Å². The molecule has 35 heavy (non-hydrogen) atoms. The number of hydrogen-bond acceptors (Lipinski definition) is 6. The number of aromatic nitrogens is 3. The third-order valence-electron chi connectivity index (χ3n) is 6.53. The standard InChI is InChI=1S/C27H26FN5OS/c1-15-29-24-10-4-18(12-22(24)26(30-15)32-20-5-6-20)17-3-9-23(28)19(11-17)13-33(21-7-8-21)27(34)25-14-35-16(2)31-25/h3-4,9-12,14,20-21H,5-8,13H2,1-2H3,(H,29,30,32). The number of aryl methyl sites for hydroxylation is 2. The van der Waals surface area contributed by atoms with E-state index < -0.39 is 0 Å². The first-order valence-electron chi connectivity index (χ1n) is 12.0. The summed E-state index contributed by atoms with van der Waals surface area (Å²) in [5.74, 6) is 1.15. The van der Waals surface area contributed by atoms with Gasteiger partial charge in [0.25, 0.3) is 5.91 Å². The van der Waals surface area contributed by atoms with Crippen LogP contribution in [0.3, 0.4) is 0 Å². The molecule has 2 aliphatic rings. The number of anilines is 1. The molecule has 1 N–H and O–H groups in total. The largest absolute Gasteiger partial charge is 0.367 e. The number of amides is 1. The summed E-state index contributed by atoms with van der Waals surface area (Å²) < 4.78 is 14.9. The Morgan fingerprint density at radius 2 is 1.83 bits per heavy atom. The Balaban J connectivity index is 1.33. The summed E-state index contributed by atoms with van der Waals surface area (Å²) in [5, 5.41) is 7.11. The molecule has 0 spiro atoms. The molecule has 8 heteroatoms. The lowest BCUT2D eigenvalue weighted by Gasteiger charge is -2.22. The van der Waals surface area contributed by atoms with Gasteiger partial charge in [0.15, 0.2) is 0 Å². The molecule has 2 saturated carbocycles. The first-order valence-corrected chi connectivity index (χ1v) is 12.9. The number of nitrogens with zero attached hydrogens (tertiary/aromatic N) is 4. The summed E-state index contributed by atoms with van der Waals surface area (Å²) in [6.07, 6.45) is 4.19. The molecule has 4 aromatic rings. The van der Waals surface area contributed by atoms with Gasteiger partial charge < -0.3 is 10.2 Å². The van der Waals surface area contributed by atoms with E-state index in [9.17, 15) is 9.18 Å². The molecule has 2 aromatic carbocycles. The molecular weight excluding hydrogens is 461 g/mol. The third kappa shape index (κ3) is 4.62. The lowest BCUT2D eigenvalue weighted by atomic mass is 10.0. The fourth-order valence-corrected chi connectivity index (χ4v) is 4.96. The second-order valence-electron chi connectivity index (χ2n) is 9.49. The quantitative estimate of drug-likeness (QED) is 0.352. The second kappa shape index (κ2) is 8.68. The Morgan fingerprint density at radius 1 is 1.06 bits per heavy atom. The SMILES string of the molecule is Cc1nc(NC2CC2)c2cc(-c3ccc(F)c(CN(C(=O)c4csc(C)n4)C4CC4)c3)ccc2n1. The number of nitrogens with one attached hydrogen (secondary N) is 1. The molecule has 0 radical (unpaired) electrons. The van der Waals surface area contributed by atoms with E-state index in [1.54, 1.807) is 16.3 Å². The highest BCUT2D eigenvalue weighted by atomic mass is 32.1. The predicted molar refractivity (Wildman–Crippen MR) is 136 cm³/mol. The monoisotopic (exact) mass is 487 g/mol. The molecule has 2 fully saturated rings. The first kappa shape index (κ1) is 22.1. The van der Waals surface area contributed by atoms with Crippen LogP contribution in [-0.2, 0) is 6.54 Å². The molecule has 2 aliphatic carbocycles. The molecule has 6 rings (SSSR count). The molecule has 6 nitrogen and oxygen atoms in total. The van der Waals surface area contributed by atoms with Gasteiger partial charge in [0.05, 0.1) is 10.5 Å². The number of halogens is 1. The molecule has 1 amide bonds. The maximum atomic E-state index is 14.9. The Bertz CT molecular complexity index is 1440. The van der Waals surface area contributed by atoms with Gasteiger partial charge in [-0.15, -0.1) is 11.3 Å². The van der Waals surface area contributed by atoms with Crippen LogP contribution in [0.1, 0.15) is 52.6 Å². The lowest BCUT2D eigenvalue weighted by molar-refractivity contribution is 0.0723. The Hall–Kier alpha value is -3.39. The lowest BCUT2D eigenvalue weighted by Crippen LogP contribution is -2.33. The fourth-order valence-electron chi connectivity index (χ4n) is 4.38. The van der Waals surface area contributed by atoms with E-state index in [-0.39, 0.29) is 24.3 Å². The van der Waals surface area contributed by atoms with Crippen molar-refractivity contribution in [2.45, 2.75) is 58.2 Å². The topological polar surface area (TPSA) is 71.0 Å². The van der Waals surface area contributed by atoms with Gasteiger partial charge in [-0.3, -0.25) is 4.79 Å². The minimum atomic E-state index is -0.308. The zero-order chi connectivity index (χ0) is 24.1. The fraction of sp³-hybridized carbons (Fsp3) is 0.333. The maximum Gasteiger partial charge on any atom is 0.273 e. The Labute approximate surface area is 207 Å². The molecule has 0 unspecified atom stereocenters. The number of thiazole rings is 1. The number of rotatable bonds is 7. The molecule has 178 valence electrons. The molecule has 2 heterocycles. The summed E-state index contributed by atoms with van der Waals surface area (Å²) in [5.41, 5.74) is 3.69. The van der Waals surface area contributed by atoms with Crippen LogP contribution < -0.4 is 5.32 Å². The minimum absolute atomic E-state index is 0.129. The molecule has 0 saturated heterocycles. The van der Waals surface area contributed by atoms with Crippen molar-refractivity contribution in [2.24, 2.45) is 0 Å². The van der Waals surface area contributed by atoms with Crippen molar-refractivity contribution in [2.75, 3.05) is 5.32 Å². The van der Waals surface area contributed by atoms with Crippen LogP contribution in [-0.4, -0.2) is 37.8 Å². The van der Waals surface area contributed by atoms with Crippen LogP contribution in [0.4, 0.5) is 10.2 Å². The highest BCUT2D eigenvalue weighted by Gasteiger charge is 2.34. The van der Waals surface area contributed by atoms with Crippen molar-refractivity contribution < 1.29 is 9.18 Å². The smallest absolute Gasteiger partial charge is 0.273 e. The van der Waals surface area contributed by atoms with Crippen LogP contribution in [0.15, 0.2) is 41.8 Å². The molecule has 2 aromatic heterocycles.